The average molecular weight is 475 g/mol. The maximum atomic E-state index is 11.6. The molecule has 2 N–H and O–H groups in total. The third-order valence-electron chi connectivity index (χ3n) is 5.72. The SMILES string of the molecule is COc1ccc(-c2cn(-c3ccccc3)c(CC(C)=O)n2)cc1.Nc1nc2c(s1)CCCCC2. The quantitative estimate of drug-likeness (QED) is 0.377. The highest BCUT2D eigenvalue weighted by Crippen LogP contribution is 2.27. The third kappa shape index (κ3) is 5.91. The maximum absolute atomic E-state index is 11.6. The van der Waals surface area contributed by atoms with Crippen LogP contribution in [0.3, 0.4) is 0 Å². The number of rotatable bonds is 5. The van der Waals surface area contributed by atoms with E-state index in [0.717, 1.165) is 40.1 Å². The number of ether oxygens (including phenoxy) is 1. The van der Waals surface area contributed by atoms with Gasteiger partial charge in [-0.05, 0) is 69.0 Å². The summed E-state index contributed by atoms with van der Waals surface area (Å²) in [7, 11) is 1.64. The fraction of sp³-hybridized carbons (Fsp3) is 0.296. The zero-order chi connectivity index (χ0) is 23.9. The van der Waals surface area contributed by atoms with E-state index >= 15 is 0 Å². The zero-order valence-corrected chi connectivity index (χ0v) is 20.5. The second kappa shape index (κ2) is 11.1. The summed E-state index contributed by atoms with van der Waals surface area (Å²) < 4.78 is 7.16. The lowest BCUT2D eigenvalue weighted by atomic mass is 10.1. The van der Waals surface area contributed by atoms with Crippen LogP contribution in [0.4, 0.5) is 5.13 Å². The van der Waals surface area contributed by atoms with Gasteiger partial charge in [0.05, 0.1) is 24.9 Å². The molecule has 2 heterocycles. The first-order valence-electron chi connectivity index (χ1n) is 11.5. The van der Waals surface area contributed by atoms with Crippen LogP contribution < -0.4 is 10.5 Å². The van der Waals surface area contributed by atoms with Gasteiger partial charge in [0, 0.05) is 22.3 Å². The second-order valence-electron chi connectivity index (χ2n) is 8.34. The van der Waals surface area contributed by atoms with E-state index in [1.807, 2.05) is 65.4 Å². The van der Waals surface area contributed by atoms with Gasteiger partial charge in [-0.3, -0.25) is 4.79 Å². The highest BCUT2D eigenvalue weighted by molar-refractivity contribution is 7.15. The van der Waals surface area contributed by atoms with E-state index in [1.54, 1.807) is 25.4 Å². The molecule has 0 unspecified atom stereocenters. The highest BCUT2D eigenvalue weighted by atomic mass is 32.1. The van der Waals surface area contributed by atoms with E-state index in [9.17, 15) is 4.79 Å². The number of nitrogens with zero attached hydrogens (tertiary/aromatic N) is 3. The molecule has 0 spiro atoms. The number of methoxy groups -OCH3 is 1. The monoisotopic (exact) mass is 474 g/mol. The van der Waals surface area contributed by atoms with Gasteiger partial charge in [0.1, 0.15) is 17.4 Å². The van der Waals surface area contributed by atoms with Crippen molar-refractivity contribution in [2.24, 2.45) is 0 Å². The normalized spacial score (nSPS) is 12.8. The zero-order valence-electron chi connectivity index (χ0n) is 19.7. The lowest BCUT2D eigenvalue weighted by Gasteiger charge is -2.05. The molecule has 1 aliphatic carbocycles. The summed E-state index contributed by atoms with van der Waals surface area (Å²) in [4.78, 5) is 21.9. The topological polar surface area (TPSA) is 83.0 Å². The number of aryl methyl sites for hydroxylation is 2. The summed E-state index contributed by atoms with van der Waals surface area (Å²) in [5.74, 6) is 1.64. The first-order valence-corrected chi connectivity index (χ1v) is 12.4. The van der Waals surface area contributed by atoms with Crippen LogP contribution in [0.15, 0.2) is 60.8 Å². The van der Waals surface area contributed by atoms with Gasteiger partial charge in [-0.25, -0.2) is 9.97 Å². The number of Topliss-reactive ketones (excluding diaryl/α,β-unsaturated/α-hetero) is 1. The summed E-state index contributed by atoms with van der Waals surface area (Å²) >= 11 is 1.67. The van der Waals surface area contributed by atoms with E-state index in [2.05, 4.69) is 9.97 Å². The Bertz CT molecular complexity index is 1210. The lowest BCUT2D eigenvalue weighted by Crippen LogP contribution is -2.05. The predicted octanol–water partition coefficient (Wildman–Crippen LogP) is 5.67. The van der Waals surface area contributed by atoms with Gasteiger partial charge in [-0.1, -0.05) is 24.6 Å². The van der Waals surface area contributed by atoms with Crippen molar-refractivity contribution in [1.82, 2.24) is 14.5 Å². The number of nitrogens with two attached hydrogens (primary N) is 1. The summed E-state index contributed by atoms with van der Waals surface area (Å²) in [6.45, 7) is 1.58. The molecule has 0 aliphatic heterocycles. The smallest absolute Gasteiger partial charge is 0.180 e. The molecule has 4 aromatic rings. The molecule has 0 fully saturated rings. The van der Waals surface area contributed by atoms with Crippen LogP contribution in [0.25, 0.3) is 16.9 Å². The standard InChI is InChI=1S/C19H18N2O2.C8H12N2S/c1-14(22)12-19-20-18(15-8-10-17(23-2)11-9-15)13-21(19)16-6-4-3-5-7-16;9-8-10-6-4-2-1-3-5-7(6)11-8/h3-11,13H,12H2,1-2H3;1-5H2,(H2,9,10). The minimum Gasteiger partial charge on any atom is -0.497 e. The molecular weight excluding hydrogens is 444 g/mol. The highest BCUT2D eigenvalue weighted by Gasteiger charge is 2.13. The molecule has 5 rings (SSSR count). The van der Waals surface area contributed by atoms with Gasteiger partial charge >= 0.3 is 0 Å². The summed E-state index contributed by atoms with van der Waals surface area (Å²) in [6.07, 6.45) is 8.57. The Labute approximate surface area is 204 Å². The minimum atomic E-state index is 0.0917. The molecule has 0 amide bonds. The van der Waals surface area contributed by atoms with Gasteiger partial charge < -0.3 is 15.0 Å². The molecule has 7 heteroatoms. The number of nitrogen functional groups attached to an aromatic ring is 1. The van der Waals surface area contributed by atoms with Gasteiger partial charge in [0.15, 0.2) is 5.13 Å². The molecule has 176 valence electrons. The molecule has 34 heavy (non-hydrogen) atoms. The fourth-order valence-electron chi connectivity index (χ4n) is 4.03. The number of carbonyl (C=O) groups is 1. The van der Waals surface area contributed by atoms with Crippen LogP contribution in [0, 0.1) is 0 Å². The number of anilines is 1. The van der Waals surface area contributed by atoms with E-state index < -0.39 is 0 Å². The number of fused-ring (bicyclic) bond motifs is 1. The van der Waals surface area contributed by atoms with E-state index in [-0.39, 0.29) is 5.78 Å². The van der Waals surface area contributed by atoms with Crippen molar-refractivity contribution in [3.8, 4) is 22.7 Å². The van der Waals surface area contributed by atoms with Crippen LogP contribution in [0.5, 0.6) is 5.75 Å². The van der Waals surface area contributed by atoms with Crippen LogP contribution in [-0.4, -0.2) is 27.4 Å². The number of carbonyl (C=O) groups excluding carboxylic acids is 1. The number of aromatic nitrogens is 3. The summed E-state index contributed by atoms with van der Waals surface area (Å²) in [5, 5.41) is 0.747. The van der Waals surface area contributed by atoms with Crippen molar-refractivity contribution < 1.29 is 9.53 Å². The molecule has 6 nitrogen and oxygen atoms in total. The largest absolute Gasteiger partial charge is 0.497 e. The summed E-state index contributed by atoms with van der Waals surface area (Å²) in [5.41, 5.74) is 9.71. The Morgan fingerprint density at radius 1 is 1.03 bits per heavy atom. The maximum Gasteiger partial charge on any atom is 0.180 e. The number of para-hydroxylation sites is 1. The molecule has 0 atom stereocenters. The lowest BCUT2D eigenvalue weighted by molar-refractivity contribution is -0.116. The van der Waals surface area contributed by atoms with Crippen molar-refractivity contribution in [2.45, 2.75) is 45.4 Å². The fourth-order valence-corrected chi connectivity index (χ4v) is 4.95. The van der Waals surface area contributed by atoms with Crippen molar-refractivity contribution in [3.05, 3.63) is 77.2 Å². The van der Waals surface area contributed by atoms with Gasteiger partial charge in [-0.2, -0.15) is 0 Å². The number of imidazole rings is 1. The molecule has 0 radical (unpaired) electrons. The van der Waals surface area contributed by atoms with Crippen LogP contribution in [0.1, 0.15) is 42.6 Å². The Morgan fingerprint density at radius 3 is 2.47 bits per heavy atom. The number of thiazole rings is 1. The Hall–Kier alpha value is -3.45. The van der Waals surface area contributed by atoms with E-state index in [1.165, 1.54) is 36.3 Å². The Kier molecular flexibility index (Phi) is 7.75. The first-order chi connectivity index (χ1) is 16.5. The van der Waals surface area contributed by atoms with Crippen LogP contribution in [-0.2, 0) is 24.1 Å². The molecule has 0 saturated heterocycles. The Balaban J connectivity index is 0.000000207. The van der Waals surface area contributed by atoms with Crippen LogP contribution >= 0.6 is 11.3 Å². The van der Waals surface area contributed by atoms with Gasteiger partial charge in [0.25, 0.3) is 0 Å². The van der Waals surface area contributed by atoms with E-state index in [0.29, 0.717) is 6.42 Å². The molecule has 2 aromatic heterocycles. The van der Waals surface area contributed by atoms with Crippen molar-refractivity contribution in [3.63, 3.8) is 0 Å². The van der Waals surface area contributed by atoms with Crippen molar-refractivity contribution in [2.75, 3.05) is 12.8 Å². The number of benzene rings is 2. The van der Waals surface area contributed by atoms with Crippen molar-refractivity contribution >= 4 is 22.3 Å². The first kappa shape index (κ1) is 23.7. The minimum absolute atomic E-state index is 0.0917. The van der Waals surface area contributed by atoms with E-state index in [4.69, 9.17) is 10.5 Å². The van der Waals surface area contributed by atoms with Gasteiger partial charge in [-0.15, -0.1) is 11.3 Å². The second-order valence-corrected chi connectivity index (χ2v) is 9.45. The number of hydrogen-bond donors (Lipinski definition) is 1. The molecule has 1 aliphatic rings. The number of hydrogen-bond acceptors (Lipinski definition) is 6. The average Bonchev–Trinajstić information content (AvgIpc) is 3.35. The predicted molar refractivity (Wildman–Crippen MR) is 138 cm³/mol. The molecule has 0 saturated carbocycles. The third-order valence-corrected chi connectivity index (χ3v) is 6.70. The summed E-state index contributed by atoms with van der Waals surface area (Å²) in [6, 6.07) is 17.7. The number of ketones is 1. The molecular formula is C27H30N4O2S. The van der Waals surface area contributed by atoms with Crippen molar-refractivity contribution in [1.29, 1.82) is 0 Å². The van der Waals surface area contributed by atoms with Crippen LogP contribution in [0.2, 0.25) is 0 Å². The molecule has 2 aromatic carbocycles. The van der Waals surface area contributed by atoms with Gasteiger partial charge in [0.2, 0.25) is 0 Å². The Morgan fingerprint density at radius 2 is 1.76 bits per heavy atom. The molecule has 0 bridgehead atoms.